The minimum atomic E-state index is -0.280. The number of anilines is 1. The van der Waals surface area contributed by atoms with Crippen LogP contribution in [0.4, 0.5) is 5.69 Å². The lowest BCUT2D eigenvalue weighted by Crippen LogP contribution is -2.46. The average molecular weight is 324 g/mol. The molecule has 1 heterocycles. The second-order valence-electron chi connectivity index (χ2n) is 6.24. The van der Waals surface area contributed by atoms with Crippen molar-refractivity contribution >= 4 is 11.7 Å². The number of carbonyl (C=O) groups excluding carboxylic acids is 1. The first-order valence-electron chi connectivity index (χ1n) is 8.37. The van der Waals surface area contributed by atoms with E-state index in [4.69, 9.17) is 4.74 Å². The Bertz CT molecular complexity index is 692. The smallest absolute Gasteiger partial charge is 0.337 e. The number of nitrogens with zero attached hydrogens (tertiary/aromatic N) is 2. The average Bonchev–Trinajstić information content (AvgIpc) is 2.62. The molecule has 0 radical (unpaired) electrons. The van der Waals surface area contributed by atoms with Crippen molar-refractivity contribution in [3.63, 3.8) is 0 Å². The quantitative estimate of drug-likeness (QED) is 0.809. The molecular weight excluding hydrogens is 300 g/mol. The number of methoxy groups -OCH3 is 1. The van der Waals surface area contributed by atoms with Crippen LogP contribution in [0.3, 0.4) is 0 Å². The van der Waals surface area contributed by atoms with Gasteiger partial charge in [0.25, 0.3) is 0 Å². The fraction of sp³-hybridized carbons (Fsp3) is 0.350. The van der Waals surface area contributed by atoms with Gasteiger partial charge in [0.05, 0.1) is 12.7 Å². The Morgan fingerprint density at radius 3 is 2.38 bits per heavy atom. The summed E-state index contributed by atoms with van der Waals surface area (Å²) in [6.07, 6.45) is 0. The first kappa shape index (κ1) is 16.5. The minimum absolute atomic E-state index is 0.280. The minimum Gasteiger partial charge on any atom is -0.465 e. The van der Waals surface area contributed by atoms with Gasteiger partial charge in [0, 0.05) is 38.4 Å². The summed E-state index contributed by atoms with van der Waals surface area (Å²) in [6.45, 7) is 7.17. The van der Waals surface area contributed by atoms with Gasteiger partial charge in [0.1, 0.15) is 0 Å². The summed E-state index contributed by atoms with van der Waals surface area (Å²) in [7, 11) is 1.41. The van der Waals surface area contributed by atoms with Crippen LogP contribution in [0.5, 0.6) is 0 Å². The Labute approximate surface area is 143 Å². The van der Waals surface area contributed by atoms with Crippen molar-refractivity contribution in [3.8, 4) is 0 Å². The maximum atomic E-state index is 11.6. The molecule has 0 aromatic heterocycles. The Kier molecular flexibility index (Phi) is 5.16. The van der Waals surface area contributed by atoms with Gasteiger partial charge in [-0.3, -0.25) is 4.90 Å². The van der Waals surface area contributed by atoms with E-state index in [1.807, 2.05) is 18.2 Å². The number of piperazine rings is 1. The van der Waals surface area contributed by atoms with Gasteiger partial charge < -0.3 is 9.64 Å². The molecule has 4 heteroatoms. The summed E-state index contributed by atoms with van der Waals surface area (Å²) < 4.78 is 4.79. The van der Waals surface area contributed by atoms with Crippen LogP contribution in [-0.4, -0.2) is 44.2 Å². The van der Waals surface area contributed by atoms with Crippen LogP contribution in [0, 0.1) is 6.92 Å². The Hall–Kier alpha value is -2.33. The van der Waals surface area contributed by atoms with Crippen molar-refractivity contribution in [3.05, 3.63) is 65.2 Å². The van der Waals surface area contributed by atoms with E-state index in [1.165, 1.54) is 18.4 Å². The standard InChI is InChI=1S/C20H24N2O2/c1-16-14-18(20(23)24-2)8-9-19(16)22-12-10-21(11-13-22)15-17-6-4-3-5-7-17/h3-9,14H,10-13,15H2,1-2H3. The monoisotopic (exact) mass is 324 g/mol. The molecular formula is C20H24N2O2. The van der Waals surface area contributed by atoms with Gasteiger partial charge in [-0.2, -0.15) is 0 Å². The highest BCUT2D eigenvalue weighted by atomic mass is 16.5. The maximum absolute atomic E-state index is 11.6. The van der Waals surface area contributed by atoms with Gasteiger partial charge in [-0.15, -0.1) is 0 Å². The van der Waals surface area contributed by atoms with Crippen LogP contribution in [0.15, 0.2) is 48.5 Å². The van der Waals surface area contributed by atoms with Crippen LogP contribution in [0.2, 0.25) is 0 Å². The molecule has 4 nitrogen and oxygen atoms in total. The van der Waals surface area contributed by atoms with Gasteiger partial charge in [0.2, 0.25) is 0 Å². The van der Waals surface area contributed by atoms with Gasteiger partial charge in [-0.25, -0.2) is 4.79 Å². The van der Waals surface area contributed by atoms with Gasteiger partial charge in [-0.1, -0.05) is 30.3 Å². The van der Waals surface area contributed by atoms with Gasteiger partial charge >= 0.3 is 5.97 Å². The van der Waals surface area contributed by atoms with Crippen LogP contribution < -0.4 is 4.90 Å². The SMILES string of the molecule is COC(=O)c1ccc(N2CCN(Cc3ccccc3)CC2)c(C)c1. The summed E-state index contributed by atoms with van der Waals surface area (Å²) >= 11 is 0. The first-order valence-corrected chi connectivity index (χ1v) is 8.37. The third kappa shape index (κ3) is 3.77. The first-order chi connectivity index (χ1) is 11.7. The maximum Gasteiger partial charge on any atom is 0.337 e. The normalized spacial score (nSPS) is 15.3. The Balaban J connectivity index is 1.61. The summed E-state index contributed by atoms with van der Waals surface area (Å²) in [5.41, 5.74) is 4.31. The van der Waals surface area contributed by atoms with E-state index in [0.29, 0.717) is 5.56 Å². The molecule has 24 heavy (non-hydrogen) atoms. The van der Waals surface area contributed by atoms with Gasteiger partial charge in [-0.05, 0) is 36.2 Å². The van der Waals surface area contributed by atoms with Crippen molar-refractivity contribution in [1.82, 2.24) is 4.90 Å². The van der Waals surface area contributed by atoms with Crippen molar-refractivity contribution < 1.29 is 9.53 Å². The van der Waals surface area contributed by atoms with E-state index in [1.54, 1.807) is 0 Å². The lowest BCUT2D eigenvalue weighted by atomic mass is 10.1. The second-order valence-corrected chi connectivity index (χ2v) is 6.24. The largest absolute Gasteiger partial charge is 0.465 e. The van der Waals surface area contributed by atoms with E-state index in [9.17, 15) is 4.79 Å². The Morgan fingerprint density at radius 2 is 1.75 bits per heavy atom. The summed E-state index contributed by atoms with van der Waals surface area (Å²) in [4.78, 5) is 16.5. The molecule has 0 amide bonds. The summed E-state index contributed by atoms with van der Waals surface area (Å²) in [5, 5.41) is 0. The molecule has 126 valence electrons. The molecule has 0 atom stereocenters. The number of rotatable bonds is 4. The van der Waals surface area contributed by atoms with Crippen molar-refractivity contribution in [2.24, 2.45) is 0 Å². The number of ether oxygens (including phenoxy) is 1. The molecule has 0 N–H and O–H groups in total. The van der Waals surface area contributed by atoms with E-state index in [2.05, 4.69) is 47.1 Å². The predicted molar refractivity (Wildman–Crippen MR) is 96.5 cm³/mol. The molecule has 2 aromatic rings. The van der Waals surface area contributed by atoms with Crippen molar-refractivity contribution in [2.75, 3.05) is 38.2 Å². The van der Waals surface area contributed by atoms with Crippen LogP contribution in [-0.2, 0) is 11.3 Å². The fourth-order valence-electron chi connectivity index (χ4n) is 3.24. The van der Waals surface area contributed by atoms with E-state index < -0.39 is 0 Å². The topological polar surface area (TPSA) is 32.8 Å². The van der Waals surface area contributed by atoms with Crippen LogP contribution in [0.1, 0.15) is 21.5 Å². The van der Waals surface area contributed by atoms with Crippen LogP contribution in [0.25, 0.3) is 0 Å². The highest BCUT2D eigenvalue weighted by Crippen LogP contribution is 2.23. The van der Waals surface area contributed by atoms with E-state index in [-0.39, 0.29) is 5.97 Å². The van der Waals surface area contributed by atoms with Crippen molar-refractivity contribution in [2.45, 2.75) is 13.5 Å². The number of esters is 1. The number of carbonyl (C=O) groups is 1. The Morgan fingerprint density at radius 1 is 1.04 bits per heavy atom. The molecule has 0 aliphatic carbocycles. The van der Waals surface area contributed by atoms with Crippen LogP contribution >= 0.6 is 0 Å². The molecule has 1 aliphatic heterocycles. The molecule has 3 rings (SSSR count). The highest BCUT2D eigenvalue weighted by molar-refractivity contribution is 5.90. The predicted octanol–water partition coefficient (Wildman–Crippen LogP) is 3.10. The molecule has 1 saturated heterocycles. The molecule has 1 aliphatic rings. The second kappa shape index (κ2) is 7.49. The zero-order valence-electron chi connectivity index (χ0n) is 14.4. The lowest BCUT2D eigenvalue weighted by molar-refractivity contribution is 0.0600. The number of benzene rings is 2. The third-order valence-electron chi connectivity index (χ3n) is 4.58. The number of hydrogen-bond acceptors (Lipinski definition) is 4. The third-order valence-corrected chi connectivity index (χ3v) is 4.58. The number of aryl methyl sites for hydroxylation is 1. The van der Waals surface area contributed by atoms with Crippen molar-refractivity contribution in [1.29, 1.82) is 0 Å². The van der Waals surface area contributed by atoms with Gasteiger partial charge in [0.15, 0.2) is 0 Å². The summed E-state index contributed by atoms with van der Waals surface area (Å²) in [6, 6.07) is 16.4. The zero-order valence-corrected chi connectivity index (χ0v) is 14.4. The molecule has 0 bridgehead atoms. The lowest BCUT2D eigenvalue weighted by Gasteiger charge is -2.37. The molecule has 2 aromatic carbocycles. The van der Waals surface area contributed by atoms with E-state index >= 15 is 0 Å². The fourth-order valence-corrected chi connectivity index (χ4v) is 3.24. The highest BCUT2D eigenvalue weighted by Gasteiger charge is 2.19. The molecule has 0 spiro atoms. The molecule has 0 unspecified atom stereocenters. The molecule has 1 fully saturated rings. The molecule has 0 saturated carbocycles. The number of hydrogen-bond donors (Lipinski definition) is 0. The zero-order chi connectivity index (χ0) is 16.9. The van der Waals surface area contributed by atoms with E-state index in [0.717, 1.165) is 38.3 Å². The summed E-state index contributed by atoms with van der Waals surface area (Å²) in [5.74, 6) is -0.280.